The highest BCUT2D eigenvalue weighted by Crippen LogP contribution is 2.36. The number of nitrogens with zero attached hydrogens (tertiary/aromatic N) is 5. The first-order valence-electron chi connectivity index (χ1n) is 11.2. The van der Waals surface area contributed by atoms with Crippen molar-refractivity contribution in [2.45, 2.75) is 31.8 Å². The standard InChI is InChI=1S/C25H29ClN6O/c1-31(2)25-29-16-21(18-8-7-9-19(26)14-18)24(30-25)22-11-4-6-13-32(22)17-23(33)28-15-20-10-3-5-12-27-20/h3,5,7-10,12,14,16,22H,4,6,11,13,15,17H2,1-2H3,(H,28,33)/t22-/m1/s1. The number of halogens is 1. The van der Waals surface area contributed by atoms with Crippen LogP contribution in [0.25, 0.3) is 11.1 Å². The summed E-state index contributed by atoms with van der Waals surface area (Å²) < 4.78 is 0. The molecule has 1 aliphatic rings. The minimum Gasteiger partial charge on any atom is -0.349 e. The van der Waals surface area contributed by atoms with Crippen LogP contribution in [0.1, 0.15) is 36.7 Å². The Morgan fingerprint density at radius 2 is 2.06 bits per heavy atom. The summed E-state index contributed by atoms with van der Waals surface area (Å²) in [6.45, 7) is 1.58. The molecule has 3 heterocycles. The Kier molecular flexibility index (Phi) is 7.52. The number of anilines is 1. The Hall–Kier alpha value is -3.03. The fourth-order valence-corrected chi connectivity index (χ4v) is 4.35. The number of aromatic nitrogens is 3. The second-order valence-corrected chi connectivity index (χ2v) is 8.89. The number of carbonyl (C=O) groups excluding carboxylic acids is 1. The van der Waals surface area contributed by atoms with Crippen molar-refractivity contribution in [1.82, 2.24) is 25.2 Å². The predicted octanol–water partition coefficient (Wildman–Crippen LogP) is 4.10. The van der Waals surface area contributed by atoms with Crippen LogP contribution < -0.4 is 10.2 Å². The third-order valence-electron chi connectivity index (χ3n) is 5.81. The van der Waals surface area contributed by atoms with E-state index in [1.165, 1.54) is 0 Å². The molecule has 1 atom stereocenters. The van der Waals surface area contributed by atoms with Crippen molar-refractivity contribution in [2.75, 3.05) is 32.1 Å². The lowest BCUT2D eigenvalue weighted by Crippen LogP contribution is -2.42. The molecule has 2 aromatic heterocycles. The Bertz CT molecular complexity index is 1090. The lowest BCUT2D eigenvalue weighted by atomic mass is 9.94. The van der Waals surface area contributed by atoms with Gasteiger partial charge in [-0.15, -0.1) is 0 Å². The summed E-state index contributed by atoms with van der Waals surface area (Å²) in [5, 5.41) is 3.67. The number of carbonyl (C=O) groups is 1. The van der Waals surface area contributed by atoms with Crippen LogP contribution in [-0.4, -0.2) is 52.9 Å². The van der Waals surface area contributed by atoms with Gasteiger partial charge in [0.15, 0.2) is 0 Å². The number of pyridine rings is 1. The van der Waals surface area contributed by atoms with Gasteiger partial charge < -0.3 is 10.2 Å². The summed E-state index contributed by atoms with van der Waals surface area (Å²) in [5.41, 5.74) is 3.71. The van der Waals surface area contributed by atoms with E-state index in [4.69, 9.17) is 16.6 Å². The van der Waals surface area contributed by atoms with E-state index < -0.39 is 0 Å². The molecule has 0 aliphatic carbocycles. The van der Waals surface area contributed by atoms with E-state index >= 15 is 0 Å². The molecule has 1 aromatic carbocycles. The Labute approximate surface area is 199 Å². The molecular weight excluding hydrogens is 436 g/mol. The van der Waals surface area contributed by atoms with Crippen LogP contribution in [0.2, 0.25) is 5.02 Å². The van der Waals surface area contributed by atoms with Crippen LogP contribution in [0, 0.1) is 0 Å². The fraction of sp³-hybridized carbons (Fsp3) is 0.360. The monoisotopic (exact) mass is 464 g/mol. The van der Waals surface area contributed by atoms with Crippen LogP contribution in [0.15, 0.2) is 54.9 Å². The molecule has 0 spiro atoms. The minimum atomic E-state index is -0.0150. The van der Waals surface area contributed by atoms with Crippen molar-refractivity contribution in [3.05, 3.63) is 71.3 Å². The van der Waals surface area contributed by atoms with E-state index in [1.807, 2.05) is 67.7 Å². The highest BCUT2D eigenvalue weighted by atomic mass is 35.5. The molecule has 8 heteroatoms. The number of amides is 1. The number of likely N-dealkylation sites (tertiary alicyclic amines) is 1. The maximum atomic E-state index is 12.8. The zero-order chi connectivity index (χ0) is 23.2. The highest BCUT2D eigenvalue weighted by molar-refractivity contribution is 6.30. The largest absolute Gasteiger partial charge is 0.349 e. The van der Waals surface area contributed by atoms with Crippen LogP contribution in [0.3, 0.4) is 0 Å². The second kappa shape index (κ2) is 10.7. The van der Waals surface area contributed by atoms with Crippen LogP contribution >= 0.6 is 11.6 Å². The molecule has 3 aromatic rings. The molecular formula is C25H29ClN6O. The number of benzene rings is 1. The lowest BCUT2D eigenvalue weighted by Gasteiger charge is -2.36. The molecule has 0 unspecified atom stereocenters. The molecule has 1 saturated heterocycles. The topological polar surface area (TPSA) is 74.2 Å². The van der Waals surface area contributed by atoms with Crippen molar-refractivity contribution in [2.24, 2.45) is 0 Å². The molecule has 1 amide bonds. The van der Waals surface area contributed by atoms with Gasteiger partial charge in [-0.05, 0) is 49.2 Å². The van der Waals surface area contributed by atoms with E-state index in [-0.39, 0.29) is 11.9 Å². The van der Waals surface area contributed by atoms with E-state index in [2.05, 4.69) is 20.2 Å². The Morgan fingerprint density at radius 3 is 2.82 bits per heavy atom. The quantitative estimate of drug-likeness (QED) is 0.567. The predicted molar refractivity (Wildman–Crippen MR) is 131 cm³/mol. The summed E-state index contributed by atoms with van der Waals surface area (Å²) in [7, 11) is 3.86. The maximum Gasteiger partial charge on any atom is 0.234 e. The van der Waals surface area contributed by atoms with Gasteiger partial charge in [-0.2, -0.15) is 0 Å². The van der Waals surface area contributed by atoms with Crippen LogP contribution in [0.5, 0.6) is 0 Å². The third-order valence-corrected chi connectivity index (χ3v) is 6.05. The first kappa shape index (κ1) is 23.1. The van der Waals surface area contributed by atoms with E-state index in [1.54, 1.807) is 6.20 Å². The number of hydrogen-bond donors (Lipinski definition) is 1. The maximum absolute atomic E-state index is 12.8. The summed E-state index contributed by atoms with van der Waals surface area (Å²) >= 11 is 6.28. The second-order valence-electron chi connectivity index (χ2n) is 8.45. The fourth-order valence-electron chi connectivity index (χ4n) is 4.16. The SMILES string of the molecule is CN(C)c1ncc(-c2cccc(Cl)c2)c([C@H]2CCCCN2CC(=O)NCc2ccccn2)n1. The van der Waals surface area contributed by atoms with Gasteiger partial charge in [-0.3, -0.25) is 14.7 Å². The molecule has 1 fully saturated rings. The van der Waals surface area contributed by atoms with Crippen molar-refractivity contribution >= 4 is 23.5 Å². The molecule has 0 radical (unpaired) electrons. The van der Waals surface area contributed by atoms with Crippen molar-refractivity contribution in [3.8, 4) is 11.1 Å². The number of piperidine rings is 1. The molecule has 7 nitrogen and oxygen atoms in total. The Balaban J connectivity index is 1.59. The van der Waals surface area contributed by atoms with Gasteiger partial charge in [0.25, 0.3) is 0 Å². The van der Waals surface area contributed by atoms with Gasteiger partial charge >= 0.3 is 0 Å². The third kappa shape index (κ3) is 5.86. The lowest BCUT2D eigenvalue weighted by molar-refractivity contribution is -0.123. The summed E-state index contributed by atoms with van der Waals surface area (Å²) in [6, 6.07) is 13.5. The molecule has 0 bridgehead atoms. The normalized spacial score (nSPS) is 16.4. The minimum absolute atomic E-state index is 0.0150. The molecule has 4 rings (SSSR count). The number of hydrogen-bond acceptors (Lipinski definition) is 6. The average molecular weight is 465 g/mol. The average Bonchev–Trinajstić information content (AvgIpc) is 2.83. The van der Waals surface area contributed by atoms with Crippen LogP contribution in [-0.2, 0) is 11.3 Å². The van der Waals surface area contributed by atoms with Gasteiger partial charge in [0.05, 0.1) is 30.5 Å². The van der Waals surface area contributed by atoms with Gasteiger partial charge in [-0.1, -0.05) is 36.2 Å². The van der Waals surface area contributed by atoms with Gasteiger partial charge in [0.1, 0.15) is 0 Å². The van der Waals surface area contributed by atoms with Gasteiger partial charge in [-0.25, -0.2) is 9.97 Å². The van der Waals surface area contributed by atoms with Crippen molar-refractivity contribution in [1.29, 1.82) is 0 Å². The van der Waals surface area contributed by atoms with E-state index in [9.17, 15) is 4.79 Å². The summed E-state index contributed by atoms with van der Waals surface area (Å²) in [6.07, 6.45) is 6.69. The number of rotatable bonds is 7. The van der Waals surface area contributed by atoms with Crippen molar-refractivity contribution < 1.29 is 4.79 Å². The van der Waals surface area contributed by atoms with Crippen molar-refractivity contribution in [3.63, 3.8) is 0 Å². The van der Waals surface area contributed by atoms with E-state index in [0.717, 1.165) is 48.3 Å². The summed E-state index contributed by atoms with van der Waals surface area (Å²) in [5.74, 6) is 0.639. The molecule has 0 saturated carbocycles. The van der Waals surface area contributed by atoms with Crippen LogP contribution in [0.4, 0.5) is 5.95 Å². The van der Waals surface area contributed by atoms with Gasteiger partial charge in [0.2, 0.25) is 11.9 Å². The molecule has 1 aliphatic heterocycles. The Morgan fingerprint density at radius 1 is 1.18 bits per heavy atom. The first-order valence-corrected chi connectivity index (χ1v) is 11.6. The summed E-state index contributed by atoms with van der Waals surface area (Å²) in [4.78, 5) is 30.7. The zero-order valence-electron chi connectivity index (χ0n) is 19.0. The highest BCUT2D eigenvalue weighted by Gasteiger charge is 2.29. The smallest absolute Gasteiger partial charge is 0.234 e. The van der Waals surface area contributed by atoms with Gasteiger partial charge in [0, 0.05) is 37.1 Å². The molecule has 1 N–H and O–H groups in total. The number of nitrogens with one attached hydrogen (secondary N) is 1. The van der Waals surface area contributed by atoms with E-state index in [0.29, 0.717) is 24.1 Å². The first-order chi connectivity index (χ1) is 16.0. The zero-order valence-corrected chi connectivity index (χ0v) is 19.8. The molecule has 33 heavy (non-hydrogen) atoms. The molecule has 172 valence electrons.